The molecule has 1 fully saturated rings. The molecule has 10 heteroatoms. The average Bonchev–Trinajstić information content (AvgIpc) is 3.69. The number of ether oxygens (including phenoxy) is 2. The molecule has 2 aliphatic rings. The predicted octanol–water partition coefficient (Wildman–Crippen LogP) is 4.54. The smallest absolute Gasteiger partial charge is 0.332 e. The van der Waals surface area contributed by atoms with Gasteiger partial charge >= 0.3 is 5.97 Å². The van der Waals surface area contributed by atoms with E-state index in [1.54, 1.807) is 35.2 Å². The van der Waals surface area contributed by atoms with Gasteiger partial charge in [-0.25, -0.2) is 4.79 Å². The molecule has 0 spiro atoms. The highest BCUT2D eigenvalue weighted by atomic mass is 16.7. The summed E-state index contributed by atoms with van der Waals surface area (Å²) < 4.78 is 11.2. The predicted molar refractivity (Wildman–Crippen MR) is 147 cm³/mol. The Morgan fingerprint density at radius 1 is 1.10 bits per heavy atom. The topological polar surface area (TPSA) is 123 Å². The molecule has 1 aliphatic heterocycles. The Morgan fingerprint density at radius 2 is 1.85 bits per heavy atom. The number of hydrogen-bond donors (Lipinski definition) is 2. The molecule has 4 rings (SSSR count). The number of amides is 3. The van der Waals surface area contributed by atoms with Crippen LogP contribution >= 0.6 is 0 Å². The van der Waals surface area contributed by atoms with Crippen LogP contribution in [0.4, 0.5) is 5.69 Å². The Morgan fingerprint density at radius 3 is 2.50 bits per heavy atom. The zero-order valence-electron chi connectivity index (χ0n) is 23.7. The lowest BCUT2D eigenvalue weighted by atomic mass is 9.93. The summed E-state index contributed by atoms with van der Waals surface area (Å²) >= 11 is 0. The maximum atomic E-state index is 13.8. The molecule has 2 aromatic carbocycles. The van der Waals surface area contributed by atoms with Gasteiger partial charge in [-0.05, 0) is 54.5 Å². The number of fused-ring (bicyclic) bond motifs is 1. The molecule has 2 N–H and O–H groups in total. The highest BCUT2D eigenvalue weighted by Gasteiger charge is 2.38. The van der Waals surface area contributed by atoms with E-state index in [2.05, 4.69) is 10.8 Å². The molecule has 0 aromatic heterocycles. The fourth-order valence-electron chi connectivity index (χ4n) is 4.70. The second kappa shape index (κ2) is 12.0. The van der Waals surface area contributed by atoms with Crippen molar-refractivity contribution in [2.24, 2.45) is 11.3 Å². The van der Waals surface area contributed by atoms with E-state index >= 15 is 0 Å². The largest absolute Gasteiger partial charge is 0.493 e. The molecule has 3 amide bonds. The molecule has 0 saturated heterocycles. The van der Waals surface area contributed by atoms with Gasteiger partial charge in [0.2, 0.25) is 5.91 Å². The third-order valence-electron chi connectivity index (χ3n) is 6.75. The number of hydroxylamine groups is 1. The Kier molecular flexibility index (Phi) is 8.66. The van der Waals surface area contributed by atoms with E-state index < -0.39 is 17.9 Å². The van der Waals surface area contributed by atoms with E-state index in [-0.39, 0.29) is 42.5 Å². The van der Waals surface area contributed by atoms with Crippen LogP contribution < -0.4 is 20.3 Å². The first kappa shape index (κ1) is 28.9. The lowest BCUT2D eigenvalue weighted by Gasteiger charge is -2.28. The minimum absolute atomic E-state index is 0.0165. The summed E-state index contributed by atoms with van der Waals surface area (Å²) in [5.74, 6) is -0.537. The van der Waals surface area contributed by atoms with Crippen molar-refractivity contribution >= 4 is 29.4 Å². The highest BCUT2D eigenvalue weighted by Crippen LogP contribution is 2.40. The standard InChI is InChI=1S/C30H37N3O7/c1-6-39-24-14-19(12-13-23(24)38-5)22(15-25(34)32-40-26(35)16-30(2,3)4)33-17-20-8-7-9-21(27(20)29(33)37)31-28(36)18-10-11-18/h7-9,12-14,18,22H,6,10-11,15-17H2,1-5H3,(H,31,36)(H,32,34)/t22-/m0/s1. The SMILES string of the molecule is CCOc1cc([C@H](CC(=O)NOC(=O)CC(C)(C)C)N2Cc3cccc(NC(=O)C4CC4)c3C2=O)ccc1OC. The van der Waals surface area contributed by atoms with Crippen molar-refractivity contribution in [3.63, 3.8) is 0 Å². The monoisotopic (exact) mass is 551 g/mol. The second-order valence-corrected chi connectivity index (χ2v) is 11.3. The number of anilines is 1. The number of hydrogen-bond acceptors (Lipinski definition) is 7. The molecule has 214 valence electrons. The zero-order valence-corrected chi connectivity index (χ0v) is 23.7. The summed E-state index contributed by atoms with van der Waals surface area (Å²) in [5.41, 5.74) is 4.21. The lowest BCUT2D eigenvalue weighted by Crippen LogP contribution is -2.35. The summed E-state index contributed by atoms with van der Waals surface area (Å²) in [4.78, 5) is 58.1. The Bertz CT molecular complexity index is 1300. The van der Waals surface area contributed by atoms with Gasteiger partial charge in [-0.15, -0.1) is 0 Å². The van der Waals surface area contributed by atoms with Gasteiger partial charge in [0, 0.05) is 12.5 Å². The van der Waals surface area contributed by atoms with Crippen LogP contribution in [0.3, 0.4) is 0 Å². The minimum Gasteiger partial charge on any atom is -0.493 e. The molecule has 0 bridgehead atoms. The molecule has 1 aliphatic carbocycles. The number of benzene rings is 2. The minimum atomic E-state index is -0.724. The van der Waals surface area contributed by atoms with Gasteiger partial charge in [-0.2, -0.15) is 5.48 Å². The maximum Gasteiger partial charge on any atom is 0.332 e. The summed E-state index contributed by atoms with van der Waals surface area (Å²) in [5, 5.41) is 2.91. The van der Waals surface area contributed by atoms with Gasteiger partial charge in [0.1, 0.15) is 0 Å². The van der Waals surface area contributed by atoms with Crippen LogP contribution in [0.25, 0.3) is 0 Å². The van der Waals surface area contributed by atoms with Gasteiger partial charge in [-0.3, -0.25) is 14.4 Å². The fourth-order valence-corrected chi connectivity index (χ4v) is 4.70. The van der Waals surface area contributed by atoms with E-state index in [1.165, 1.54) is 7.11 Å². The lowest BCUT2D eigenvalue weighted by molar-refractivity contribution is -0.160. The molecule has 1 atom stereocenters. The highest BCUT2D eigenvalue weighted by molar-refractivity contribution is 6.07. The van der Waals surface area contributed by atoms with Gasteiger partial charge in [0.15, 0.2) is 11.5 Å². The fraction of sp³-hybridized carbons (Fsp3) is 0.467. The second-order valence-electron chi connectivity index (χ2n) is 11.3. The number of rotatable bonds is 10. The molecule has 1 saturated carbocycles. The molecule has 0 radical (unpaired) electrons. The molecule has 0 unspecified atom stereocenters. The van der Waals surface area contributed by atoms with Crippen molar-refractivity contribution in [2.45, 2.75) is 66.0 Å². The van der Waals surface area contributed by atoms with Crippen LogP contribution in [0, 0.1) is 11.3 Å². The Balaban J connectivity index is 1.61. The van der Waals surface area contributed by atoms with Gasteiger partial charge in [0.05, 0.1) is 43.9 Å². The van der Waals surface area contributed by atoms with Crippen molar-refractivity contribution in [2.75, 3.05) is 19.0 Å². The normalized spacial score (nSPS) is 15.2. The van der Waals surface area contributed by atoms with Crippen molar-refractivity contribution in [3.8, 4) is 11.5 Å². The van der Waals surface area contributed by atoms with E-state index in [9.17, 15) is 19.2 Å². The van der Waals surface area contributed by atoms with Crippen molar-refractivity contribution in [3.05, 3.63) is 53.1 Å². The molecular formula is C30H37N3O7. The van der Waals surface area contributed by atoms with Crippen LogP contribution in [-0.2, 0) is 25.8 Å². The number of nitrogens with one attached hydrogen (secondary N) is 2. The van der Waals surface area contributed by atoms with E-state index in [1.807, 2.05) is 33.8 Å². The van der Waals surface area contributed by atoms with Gasteiger partial charge in [-0.1, -0.05) is 39.0 Å². The van der Waals surface area contributed by atoms with Crippen LogP contribution in [0.5, 0.6) is 11.5 Å². The third kappa shape index (κ3) is 6.91. The van der Waals surface area contributed by atoms with Gasteiger partial charge in [0.25, 0.3) is 11.8 Å². The summed E-state index contributed by atoms with van der Waals surface area (Å²) in [7, 11) is 1.53. The van der Waals surface area contributed by atoms with Crippen LogP contribution in [-0.4, -0.2) is 42.3 Å². The van der Waals surface area contributed by atoms with E-state index in [0.717, 1.165) is 18.4 Å². The van der Waals surface area contributed by atoms with Crippen molar-refractivity contribution in [1.29, 1.82) is 0 Å². The van der Waals surface area contributed by atoms with Crippen molar-refractivity contribution < 1.29 is 33.5 Å². The Hall–Kier alpha value is -4.08. The first-order valence-corrected chi connectivity index (χ1v) is 13.5. The summed E-state index contributed by atoms with van der Waals surface area (Å²) in [6.45, 7) is 8.16. The summed E-state index contributed by atoms with van der Waals surface area (Å²) in [6, 6.07) is 9.88. The number of carbonyl (C=O) groups excluding carboxylic acids is 4. The van der Waals surface area contributed by atoms with Crippen LogP contribution in [0.2, 0.25) is 0 Å². The number of nitrogens with zero attached hydrogens (tertiary/aromatic N) is 1. The van der Waals surface area contributed by atoms with Crippen LogP contribution in [0.1, 0.15) is 80.9 Å². The molecule has 1 heterocycles. The number of carbonyl (C=O) groups is 4. The molecule has 40 heavy (non-hydrogen) atoms. The summed E-state index contributed by atoms with van der Waals surface area (Å²) in [6.07, 6.45) is 1.64. The third-order valence-corrected chi connectivity index (χ3v) is 6.75. The average molecular weight is 552 g/mol. The maximum absolute atomic E-state index is 13.8. The van der Waals surface area contributed by atoms with E-state index in [0.29, 0.717) is 34.9 Å². The quantitative estimate of drug-likeness (QED) is 0.416. The zero-order chi connectivity index (χ0) is 29.0. The molecular weight excluding hydrogens is 514 g/mol. The first-order chi connectivity index (χ1) is 19.0. The van der Waals surface area contributed by atoms with Crippen LogP contribution in [0.15, 0.2) is 36.4 Å². The number of methoxy groups -OCH3 is 1. The molecule has 2 aromatic rings. The molecule has 10 nitrogen and oxygen atoms in total. The first-order valence-electron chi connectivity index (χ1n) is 13.5. The van der Waals surface area contributed by atoms with Crippen molar-refractivity contribution in [1.82, 2.24) is 10.4 Å². The Labute approximate surface area is 234 Å². The van der Waals surface area contributed by atoms with E-state index in [4.69, 9.17) is 14.3 Å². The van der Waals surface area contributed by atoms with Gasteiger partial charge < -0.3 is 24.5 Å².